The summed E-state index contributed by atoms with van der Waals surface area (Å²) in [4.78, 5) is 15.2. The Morgan fingerprint density at radius 3 is 2.44 bits per heavy atom. The van der Waals surface area contributed by atoms with Gasteiger partial charge in [0.05, 0.1) is 6.61 Å². The summed E-state index contributed by atoms with van der Waals surface area (Å²) in [6.07, 6.45) is -6.90. The molecule has 0 unspecified atom stereocenters. The largest absolute Gasteiger partial charge is 0.394 e. The molecule has 1 saturated heterocycles. The highest BCUT2D eigenvalue weighted by molar-refractivity contribution is 5.71. The zero-order valence-corrected chi connectivity index (χ0v) is 8.61. The Hall–Kier alpha value is -0.770. The summed E-state index contributed by atoms with van der Waals surface area (Å²) < 4.78 is 4.93. The lowest BCUT2D eigenvalue weighted by Gasteiger charge is -2.38. The van der Waals surface area contributed by atoms with Crippen LogP contribution < -0.4 is 5.48 Å². The van der Waals surface area contributed by atoms with Crippen molar-refractivity contribution >= 4 is 5.91 Å². The van der Waals surface area contributed by atoms with Crippen LogP contribution in [0.5, 0.6) is 0 Å². The van der Waals surface area contributed by atoms with Crippen LogP contribution >= 0.6 is 0 Å². The average molecular weight is 237 g/mol. The van der Waals surface area contributed by atoms with Crippen LogP contribution in [-0.2, 0) is 14.4 Å². The number of hydrogen-bond acceptors (Lipinski definition) is 7. The smallest absolute Gasteiger partial charge is 0.240 e. The van der Waals surface area contributed by atoms with Gasteiger partial charge in [0.2, 0.25) is 12.2 Å². The SMILES string of the molecule is CC(=O)NO[C@@H]1O[C@H](CO)[C@@H](O)[C@H](O)[C@H]1O. The Morgan fingerprint density at radius 1 is 1.31 bits per heavy atom. The van der Waals surface area contributed by atoms with Gasteiger partial charge in [0.1, 0.15) is 24.4 Å². The van der Waals surface area contributed by atoms with Crippen LogP contribution in [0.1, 0.15) is 6.92 Å². The van der Waals surface area contributed by atoms with E-state index < -0.39 is 43.2 Å². The highest BCUT2D eigenvalue weighted by Gasteiger charge is 2.44. The molecule has 1 aliphatic heterocycles. The molecule has 94 valence electrons. The van der Waals surface area contributed by atoms with E-state index >= 15 is 0 Å². The van der Waals surface area contributed by atoms with Crippen LogP contribution in [0.2, 0.25) is 0 Å². The molecule has 1 rings (SSSR count). The molecular weight excluding hydrogens is 222 g/mol. The molecule has 5 N–H and O–H groups in total. The lowest BCUT2D eigenvalue weighted by atomic mass is 9.99. The van der Waals surface area contributed by atoms with Crippen LogP contribution in [0.3, 0.4) is 0 Å². The third kappa shape index (κ3) is 2.88. The number of nitrogens with one attached hydrogen (secondary N) is 1. The molecule has 5 atom stereocenters. The number of aliphatic hydroxyl groups is 4. The summed E-state index contributed by atoms with van der Waals surface area (Å²) in [5.41, 5.74) is 1.93. The van der Waals surface area contributed by atoms with E-state index in [1.54, 1.807) is 0 Å². The molecule has 8 heteroatoms. The molecule has 0 bridgehead atoms. The molecule has 0 aromatic heterocycles. The second kappa shape index (κ2) is 5.53. The summed E-state index contributed by atoms with van der Waals surface area (Å²) in [7, 11) is 0. The first kappa shape index (κ1) is 13.3. The normalized spacial score (nSPS) is 39.4. The third-order valence-electron chi connectivity index (χ3n) is 2.17. The molecule has 8 nitrogen and oxygen atoms in total. The number of aliphatic hydroxyl groups excluding tert-OH is 4. The Labute approximate surface area is 91.4 Å². The van der Waals surface area contributed by atoms with E-state index in [4.69, 9.17) is 9.84 Å². The topological polar surface area (TPSA) is 128 Å². The monoisotopic (exact) mass is 237 g/mol. The van der Waals surface area contributed by atoms with E-state index in [-0.39, 0.29) is 0 Å². The number of carbonyl (C=O) groups excluding carboxylic acids is 1. The van der Waals surface area contributed by atoms with E-state index in [1.165, 1.54) is 6.92 Å². The average Bonchev–Trinajstić information content (AvgIpc) is 2.25. The number of hydroxylamine groups is 1. The van der Waals surface area contributed by atoms with Crippen LogP contribution in [0.4, 0.5) is 0 Å². The molecule has 0 spiro atoms. The van der Waals surface area contributed by atoms with Crippen molar-refractivity contribution in [2.24, 2.45) is 0 Å². The molecule has 0 aromatic rings. The predicted molar refractivity (Wildman–Crippen MR) is 48.7 cm³/mol. The van der Waals surface area contributed by atoms with Gasteiger partial charge in [0.15, 0.2) is 0 Å². The number of carbonyl (C=O) groups is 1. The van der Waals surface area contributed by atoms with Crippen LogP contribution in [-0.4, -0.2) is 63.6 Å². The Morgan fingerprint density at radius 2 is 1.94 bits per heavy atom. The van der Waals surface area contributed by atoms with Crippen molar-refractivity contribution in [3.8, 4) is 0 Å². The fraction of sp³-hybridized carbons (Fsp3) is 0.875. The van der Waals surface area contributed by atoms with Crippen molar-refractivity contribution in [2.75, 3.05) is 6.61 Å². The van der Waals surface area contributed by atoms with Gasteiger partial charge in [-0.25, -0.2) is 10.3 Å². The van der Waals surface area contributed by atoms with Gasteiger partial charge in [-0.15, -0.1) is 0 Å². The summed E-state index contributed by atoms with van der Waals surface area (Å²) in [5.74, 6) is -0.517. The first-order valence-electron chi connectivity index (χ1n) is 4.70. The van der Waals surface area contributed by atoms with Crippen LogP contribution in [0, 0.1) is 0 Å². The molecule has 1 fully saturated rings. The van der Waals surface area contributed by atoms with Gasteiger partial charge in [0, 0.05) is 6.92 Å². The maximum atomic E-state index is 10.6. The number of hydrogen-bond donors (Lipinski definition) is 5. The van der Waals surface area contributed by atoms with Crippen molar-refractivity contribution in [3.63, 3.8) is 0 Å². The number of rotatable bonds is 3. The maximum Gasteiger partial charge on any atom is 0.240 e. The second-order valence-corrected chi connectivity index (χ2v) is 3.47. The predicted octanol–water partition coefficient (Wildman–Crippen LogP) is -3.15. The number of amides is 1. The van der Waals surface area contributed by atoms with Crippen LogP contribution in [0.15, 0.2) is 0 Å². The molecule has 16 heavy (non-hydrogen) atoms. The summed E-state index contributed by atoms with van der Waals surface area (Å²) in [5, 5.41) is 37.0. The molecule has 1 heterocycles. The first-order valence-corrected chi connectivity index (χ1v) is 4.70. The molecule has 1 amide bonds. The zero-order chi connectivity index (χ0) is 12.3. The minimum atomic E-state index is -1.52. The van der Waals surface area contributed by atoms with Crippen molar-refractivity contribution < 1.29 is 34.8 Å². The van der Waals surface area contributed by atoms with E-state index in [0.29, 0.717) is 0 Å². The second-order valence-electron chi connectivity index (χ2n) is 3.47. The van der Waals surface area contributed by atoms with Gasteiger partial charge in [-0.2, -0.15) is 0 Å². The molecule has 0 aliphatic carbocycles. The van der Waals surface area contributed by atoms with Gasteiger partial charge in [-0.05, 0) is 0 Å². The molecular formula is C8H15NO7. The van der Waals surface area contributed by atoms with Crippen molar-refractivity contribution in [2.45, 2.75) is 37.6 Å². The molecule has 0 saturated carbocycles. The van der Waals surface area contributed by atoms with E-state index in [0.717, 1.165) is 0 Å². The first-order chi connectivity index (χ1) is 7.47. The Bertz CT molecular complexity index is 247. The molecule has 1 aliphatic rings. The quantitative estimate of drug-likeness (QED) is 0.328. The number of ether oxygens (including phenoxy) is 1. The lowest BCUT2D eigenvalue weighted by molar-refractivity contribution is -0.313. The fourth-order valence-corrected chi connectivity index (χ4v) is 1.31. The van der Waals surface area contributed by atoms with E-state index in [9.17, 15) is 20.1 Å². The van der Waals surface area contributed by atoms with Gasteiger partial charge in [-0.1, -0.05) is 0 Å². The zero-order valence-electron chi connectivity index (χ0n) is 8.61. The minimum absolute atomic E-state index is 0.517. The third-order valence-corrected chi connectivity index (χ3v) is 2.17. The minimum Gasteiger partial charge on any atom is -0.394 e. The highest BCUT2D eigenvalue weighted by Crippen LogP contribution is 2.21. The van der Waals surface area contributed by atoms with Crippen molar-refractivity contribution in [1.29, 1.82) is 0 Å². The summed E-state index contributed by atoms with van der Waals surface area (Å²) in [6, 6.07) is 0. The summed E-state index contributed by atoms with van der Waals surface area (Å²) >= 11 is 0. The van der Waals surface area contributed by atoms with E-state index in [2.05, 4.69) is 4.84 Å². The highest BCUT2D eigenvalue weighted by atomic mass is 16.8. The summed E-state index contributed by atoms with van der Waals surface area (Å²) in [6.45, 7) is 0.634. The fourth-order valence-electron chi connectivity index (χ4n) is 1.31. The Balaban J connectivity index is 2.60. The van der Waals surface area contributed by atoms with Gasteiger partial charge in [-0.3, -0.25) is 4.79 Å². The molecule has 0 aromatic carbocycles. The van der Waals surface area contributed by atoms with Crippen molar-refractivity contribution in [3.05, 3.63) is 0 Å². The van der Waals surface area contributed by atoms with Gasteiger partial charge < -0.3 is 25.2 Å². The lowest BCUT2D eigenvalue weighted by Crippen LogP contribution is -2.60. The van der Waals surface area contributed by atoms with E-state index in [1.807, 2.05) is 5.48 Å². The standard InChI is InChI=1S/C8H15NO7/c1-3(11)9-16-8-7(14)6(13)5(12)4(2-10)15-8/h4-8,10,12-14H,2H2,1H3,(H,9,11)/t4-,5-,6+,7-,8+/m1/s1. The van der Waals surface area contributed by atoms with Gasteiger partial charge in [0.25, 0.3) is 0 Å². The maximum absolute atomic E-state index is 10.6. The Kier molecular flexibility index (Phi) is 4.59. The van der Waals surface area contributed by atoms with Crippen molar-refractivity contribution in [1.82, 2.24) is 5.48 Å². The van der Waals surface area contributed by atoms with Gasteiger partial charge >= 0.3 is 0 Å². The molecule has 0 radical (unpaired) electrons. The van der Waals surface area contributed by atoms with Crippen LogP contribution in [0.25, 0.3) is 0 Å².